The third kappa shape index (κ3) is 5.58. The molecule has 2 heterocycles. The Morgan fingerprint density at radius 1 is 1.48 bits per heavy atom. The molecule has 4 nitrogen and oxygen atoms in total. The van der Waals surface area contributed by atoms with Crippen molar-refractivity contribution in [1.29, 1.82) is 0 Å². The fraction of sp³-hybridized carbons (Fsp3) is 0.625. The van der Waals surface area contributed by atoms with Gasteiger partial charge in [0.15, 0.2) is 0 Å². The molecule has 0 aromatic carbocycles. The number of hydrogen-bond donors (Lipinski definition) is 0. The minimum atomic E-state index is -0.425. The van der Waals surface area contributed by atoms with Gasteiger partial charge in [0, 0.05) is 30.3 Å². The zero-order valence-electron chi connectivity index (χ0n) is 13.0. The second-order valence-electron chi connectivity index (χ2n) is 6.32. The number of pyridine rings is 1. The van der Waals surface area contributed by atoms with Crippen LogP contribution in [0.2, 0.25) is 0 Å². The van der Waals surface area contributed by atoms with Crippen LogP contribution >= 0.6 is 11.8 Å². The Hall–Kier alpha value is -1.23. The lowest BCUT2D eigenvalue weighted by Gasteiger charge is -2.33. The molecule has 1 atom stereocenters. The van der Waals surface area contributed by atoms with Crippen LogP contribution in [0.15, 0.2) is 24.4 Å². The van der Waals surface area contributed by atoms with Gasteiger partial charge < -0.3 is 9.64 Å². The normalized spacial score (nSPS) is 19.4. The molecule has 1 unspecified atom stereocenters. The van der Waals surface area contributed by atoms with E-state index in [4.69, 9.17) is 4.74 Å². The average molecular weight is 308 g/mol. The van der Waals surface area contributed by atoms with Crippen LogP contribution in [0.5, 0.6) is 0 Å². The van der Waals surface area contributed by atoms with Crippen molar-refractivity contribution in [3.05, 3.63) is 30.1 Å². The van der Waals surface area contributed by atoms with Crippen molar-refractivity contribution in [1.82, 2.24) is 9.88 Å². The summed E-state index contributed by atoms with van der Waals surface area (Å²) in [6.45, 7) is 7.29. The fourth-order valence-corrected chi connectivity index (χ4v) is 3.45. The summed E-state index contributed by atoms with van der Waals surface area (Å²) in [6, 6.07) is 5.98. The van der Waals surface area contributed by atoms with E-state index in [2.05, 4.69) is 4.98 Å². The van der Waals surface area contributed by atoms with Crippen molar-refractivity contribution < 1.29 is 9.53 Å². The van der Waals surface area contributed by atoms with Gasteiger partial charge in [-0.2, -0.15) is 11.8 Å². The van der Waals surface area contributed by atoms with Crippen LogP contribution in [0.4, 0.5) is 4.79 Å². The molecular formula is C16H24N2O2S. The third-order valence-electron chi connectivity index (χ3n) is 3.22. The number of carbonyl (C=O) groups excluding carboxylic acids is 1. The van der Waals surface area contributed by atoms with E-state index in [1.807, 2.05) is 61.8 Å². The van der Waals surface area contributed by atoms with E-state index in [1.165, 1.54) is 0 Å². The van der Waals surface area contributed by atoms with Crippen molar-refractivity contribution in [2.75, 3.05) is 13.1 Å². The molecule has 0 spiro atoms. The molecule has 1 saturated heterocycles. The fourth-order valence-electron chi connectivity index (χ4n) is 2.25. The molecule has 1 aliphatic heterocycles. The number of amides is 1. The lowest BCUT2D eigenvalue weighted by Crippen LogP contribution is -2.43. The van der Waals surface area contributed by atoms with Gasteiger partial charge in [-0.1, -0.05) is 6.07 Å². The molecule has 0 saturated carbocycles. The van der Waals surface area contributed by atoms with Gasteiger partial charge in [-0.3, -0.25) is 4.98 Å². The van der Waals surface area contributed by atoms with Crippen LogP contribution in [0.3, 0.4) is 0 Å². The first-order valence-corrected chi connectivity index (χ1v) is 8.48. The summed E-state index contributed by atoms with van der Waals surface area (Å²) < 4.78 is 5.45. The van der Waals surface area contributed by atoms with Gasteiger partial charge in [-0.05, 0) is 45.7 Å². The summed E-state index contributed by atoms with van der Waals surface area (Å²) in [5, 5.41) is 0.466. The summed E-state index contributed by atoms with van der Waals surface area (Å²) in [5.41, 5.74) is 0.669. The average Bonchev–Trinajstić information content (AvgIpc) is 2.45. The Balaban J connectivity index is 1.82. The maximum Gasteiger partial charge on any atom is 0.410 e. The predicted molar refractivity (Wildman–Crippen MR) is 86.4 cm³/mol. The molecule has 5 heteroatoms. The summed E-state index contributed by atoms with van der Waals surface area (Å²) >= 11 is 1.88. The monoisotopic (exact) mass is 308 g/mol. The van der Waals surface area contributed by atoms with E-state index in [9.17, 15) is 4.79 Å². The maximum absolute atomic E-state index is 12.1. The Morgan fingerprint density at radius 3 is 2.95 bits per heavy atom. The smallest absolute Gasteiger partial charge is 0.410 e. The SMILES string of the molecule is CC(C)(C)OC(=O)N1CCCC(SCc2ccccn2)C1. The van der Waals surface area contributed by atoms with E-state index >= 15 is 0 Å². The number of rotatable bonds is 3. The molecule has 0 N–H and O–H groups in total. The Labute approximate surface area is 131 Å². The number of nitrogens with zero attached hydrogens (tertiary/aromatic N) is 2. The highest BCUT2D eigenvalue weighted by Gasteiger charge is 2.27. The highest BCUT2D eigenvalue weighted by Crippen LogP contribution is 2.26. The third-order valence-corrected chi connectivity index (χ3v) is 4.54. The molecule has 0 bridgehead atoms. The minimum Gasteiger partial charge on any atom is -0.444 e. The summed E-state index contributed by atoms with van der Waals surface area (Å²) in [5.74, 6) is 0.896. The molecule has 0 aliphatic carbocycles. The van der Waals surface area contributed by atoms with E-state index in [0.717, 1.165) is 37.4 Å². The number of likely N-dealkylation sites (tertiary alicyclic amines) is 1. The molecule has 2 rings (SSSR count). The van der Waals surface area contributed by atoms with Gasteiger partial charge in [-0.15, -0.1) is 0 Å². The molecule has 116 valence electrons. The van der Waals surface area contributed by atoms with Crippen LogP contribution < -0.4 is 0 Å². The molecular weight excluding hydrogens is 284 g/mol. The lowest BCUT2D eigenvalue weighted by molar-refractivity contribution is 0.0220. The zero-order valence-corrected chi connectivity index (χ0v) is 13.9. The molecule has 21 heavy (non-hydrogen) atoms. The Morgan fingerprint density at radius 2 is 2.29 bits per heavy atom. The number of aromatic nitrogens is 1. The van der Waals surface area contributed by atoms with Crippen molar-refractivity contribution in [2.24, 2.45) is 0 Å². The first-order chi connectivity index (χ1) is 9.94. The van der Waals surface area contributed by atoms with Crippen LogP contribution in [0.25, 0.3) is 0 Å². The first-order valence-electron chi connectivity index (χ1n) is 7.43. The lowest BCUT2D eigenvalue weighted by atomic mass is 10.1. The van der Waals surface area contributed by atoms with Crippen LogP contribution in [0, 0.1) is 0 Å². The highest BCUT2D eigenvalue weighted by atomic mass is 32.2. The molecule has 1 fully saturated rings. The summed E-state index contributed by atoms with van der Waals surface area (Å²) in [7, 11) is 0. The van der Waals surface area contributed by atoms with Crippen molar-refractivity contribution in [3.8, 4) is 0 Å². The number of piperidine rings is 1. The largest absolute Gasteiger partial charge is 0.444 e. The van der Waals surface area contributed by atoms with E-state index in [0.29, 0.717) is 5.25 Å². The summed E-state index contributed by atoms with van der Waals surface area (Å²) in [6.07, 6.45) is 3.82. The highest BCUT2D eigenvalue weighted by molar-refractivity contribution is 7.99. The predicted octanol–water partition coefficient (Wildman–Crippen LogP) is 3.71. The van der Waals surface area contributed by atoms with Gasteiger partial charge >= 0.3 is 6.09 Å². The molecule has 0 radical (unpaired) electrons. The Bertz CT molecular complexity index is 459. The second kappa shape index (κ2) is 7.16. The van der Waals surface area contributed by atoms with Crippen molar-refractivity contribution in [2.45, 2.75) is 50.2 Å². The maximum atomic E-state index is 12.1. The van der Waals surface area contributed by atoms with Gasteiger partial charge in [-0.25, -0.2) is 4.79 Å². The van der Waals surface area contributed by atoms with Crippen LogP contribution in [0.1, 0.15) is 39.3 Å². The van der Waals surface area contributed by atoms with Crippen LogP contribution in [-0.2, 0) is 10.5 Å². The number of thioether (sulfide) groups is 1. The molecule has 1 aliphatic rings. The zero-order chi connectivity index (χ0) is 15.3. The topological polar surface area (TPSA) is 42.4 Å². The Kier molecular flexibility index (Phi) is 5.51. The first kappa shape index (κ1) is 16.1. The number of carbonyl (C=O) groups is 1. The molecule has 1 aromatic rings. The summed E-state index contributed by atoms with van der Waals surface area (Å²) in [4.78, 5) is 18.3. The molecule has 1 amide bonds. The van der Waals surface area contributed by atoms with Gasteiger partial charge in [0.1, 0.15) is 5.60 Å². The van der Waals surface area contributed by atoms with Gasteiger partial charge in [0.05, 0.1) is 5.69 Å². The van der Waals surface area contributed by atoms with Gasteiger partial charge in [0.2, 0.25) is 0 Å². The quantitative estimate of drug-likeness (QED) is 0.853. The van der Waals surface area contributed by atoms with E-state index < -0.39 is 5.60 Å². The number of ether oxygens (including phenoxy) is 1. The number of hydrogen-bond acceptors (Lipinski definition) is 4. The standard InChI is InChI=1S/C16H24N2O2S/c1-16(2,3)20-15(19)18-10-6-8-14(11-18)21-12-13-7-4-5-9-17-13/h4-5,7,9,14H,6,8,10-12H2,1-3H3. The second-order valence-corrected chi connectivity index (χ2v) is 7.61. The van der Waals surface area contributed by atoms with Crippen molar-refractivity contribution >= 4 is 17.9 Å². The van der Waals surface area contributed by atoms with E-state index in [-0.39, 0.29) is 6.09 Å². The van der Waals surface area contributed by atoms with Crippen molar-refractivity contribution in [3.63, 3.8) is 0 Å². The molecule has 1 aromatic heterocycles. The van der Waals surface area contributed by atoms with Gasteiger partial charge in [0.25, 0.3) is 0 Å². The van der Waals surface area contributed by atoms with E-state index in [1.54, 1.807) is 0 Å². The minimum absolute atomic E-state index is 0.189. The van der Waals surface area contributed by atoms with Crippen LogP contribution in [-0.4, -0.2) is 39.9 Å².